The average molecular weight is 280 g/mol. The third kappa shape index (κ3) is 3.78. The van der Waals surface area contributed by atoms with Gasteiger partial charge in [0, 0.05) is 5.56 Å². The van der Waals surface area contributed by atoms with E-state index in [-0.39, 0.29) is 5.91 Å². The summed E-state index contributed by atoms with van der Waals surface area (Å²) in [6, 6.07) is 13.6. The van der Waals surface area contributed by atoms with Gasteiger partial charge in [-0.1, -0.05) is 29.8 Å². The summed E-state index contributed by atoms with van der Waals surface area (Å²) in [5.41, 5.74) is 8.55. The summed E-state index contributed by atoms with van der Waals surface area (Å²) < 4.78 is 0. The van der Waals surface area contributed by atoms with Crippen molar-refractivity contribution >= 4 is 11.6 Å². The zero-order valence-electron chi connectivity index (χ0n) is 12.9. The second kappa shape index (κ2) is 6.35. The van der Waals surface area contributed by atoms with Crippen LogP contribution in [0.5, 0.6) is 0 Å². The first-order chi connectivity index (χ1) is 9.97. The van der Waals surface area contributed by atoms with Crippen LogP contribution in [0.3, 0.4) is 0 Å². The van der Waals surface area contributed by atoms with Gasteiger partial charge in [-0.3, -0.25) is 4.79 Å². The van der Waals surface area contributed by atoms with E-state index in [1.807, 2.05) is 38.1 Å². The highest BCUT2D eigenvalue weighted by atomic mass is 16.2. The monoisotopic (exact) mass is 280 g/mol. The lowest BCUT2D eigenvalue weighted by molar-refractivity contribution is 0.0954. The molecule has 0 aliphatic rings. The number of nitrogens with zero attached hydrogens (tertiary/aromatic N) is 1. The lowest BCUT2D eigenvalue weighted by atomic mass is 10.0. The molecular formula is C18H20N2O. The van der Waals surface area contributed by atoms with Gasteiger partial charge >= 0.3 is 0 Å². The third-order valence-corrected chi connectivity index (χ3v) is 3.53. The van der Waals surface area contributed by atoms with E-state index in [2.05, 4.69) is 36.5 Å². The van der Waals surface area contributed by atoms with E-state index in [0.717, 1.165) is 16.8 Å². The first-order valence-corrected chi connectivity index (χ1v) is 6.96. The van der Waals surface area contributed by atoms with Crippen LogP contribution >= 0.6 is 0 Å². The molecule has 1 amide bonds. The van der Waals surface area contributed by atoms with E-state index in [9.17, 15) is 4.79 Å². The smallest absolute Gasteiger partial charge is 0.267 e. The minimum atomic E-state index is -0.193. The second-order valence-electron chi connectivity index (χ2n) is 5.31. The van der Waals surface area contributed by atoms with Crippen LogP contribution in [0.1, 0.15) is 39.5 Å². The molecule has 2 rings (SSSR count). The Labute approximate surface area is 125 Å². The average Bonchev–Trinajstić information content (AvgIpc) is 2.47. The van der Waals surface area contributed by atoms with Crippen molar-refractivity contribution in [3.8, 4) is 0 Å². The van der Waals surface area contributed by atoms with E-state index < -0.39 is 0 Å². The van der Waals surface area contributed by atoms with Crippen molar-refractivity contribution in [1.82, 2.24) is 5.43 Å². The molecule has 0 aliphatic heterocycles. The van der Waals surface area contributed by atoms with E-state index in [4.69, 9.17) is 0 Å². The molecule has 0 heterocycles. The van der Waals surface area contributed by atoms with Gasteiger partial charge in [0.2, 0.25) is 0 Å². The molecule has 0 spiro atoms. The molecule has 2 aromatic carbocycles. The van der Waals surface area contributed by atoms with Crippen molar-refractivity contribution in [2.24, 2.45) is 5.10 Å². The topological polar surface area (TPSA) is 41.5 Å². The molecule has 0 aliphatic carbocycles. The molecule has 0 unspecified atom stereocenters. The number of carbonyl (C=O) groups excluding carboxylic acids is 1. The Hall–Kier alpha value is -2.42. The number of carbonyl (C=O) groups is 1. The summed E-state index contributed by atoms with van der Waals surface area (Å²) in [6.45, 7) is 7.99. The first kappa shape index (κ1) is 15.0. The van der Waals surface area contributed by atoms with Crippen LogP contribution in [0.4, 0.5) is 0 Å². The van der Waals surface area contributed by atoms with Gasteiger partial charge in [-0.15, -0.1) is 0 Å². The Balaban J connectivity index is 2.13. The zero-order chi connectivity index (χ0) is 15.4. The summed E-state index contributed by atoms with van der Waals surface area (Å²) in [4.78, 5) is 12.0. The van der Waals surface area contributed by atoms with E-state index in [0.29, 0.717) is 5.56 Å². The predicted molar refractivity (Wildman–Crippen MR) is 86.8 cm³/mol. The molecule has 3 nitrogen and oxygen atoms in total. The van der Waals surface area contributed by atoms with Gasteiger partial charge in [-0.05, 0) is 62.6 Å². The molecular weight excluding hydrogens is 260 g/mol. The standard InChI is InChI=1S/C18H20N2O/c1-12-6-5-7-17(10-12)18(21)20-19-15(4)16-9-8-13(2)14(3)11-16/h5-11H,1-4H3,(H,20,21)/b19-15+. The molecule has 0 atom stereocenters. The van der Waals surface area contributed by atoms with Crippen LogP contribution < -0.4 is 5.43 Å². The van der Waals surface area contributed by atoms with Gasteiger partial charge in [0.1, 0.15) is 0 Å². The number of aryl methyl sites for hydroxylation is 3. The lowest BCUT2D eigenvalue weighted by Gasteiger charge is -2.06. The van der Waals surface area contributed by atoms with Crippen molar-refractivity contribution in [2.75, 3.05) is 0 Å². The fourth-order valence-electron chi connectivity index (χ4n) is 2.02. The summed E-state index contributed by atoms with van der Waals surface area (Å²) in [5.74, 6) is -0.193. The number of hydrazone groups is 1. The molecule has 108 valence electrons. The maximum atomic E-state index is 12.0. The number of nitrogens with one attached hydrogen (secondary N) is 1. The SMILES string of the molecule is C/C(=N\NC(=O)c1cccc(C)c1)c1ccc(C)c(C)c1. The maximum Gasteiger partial charge on any atom is 0.271 e. The minimum absolute atomic E-state index is 0.193. The van der Waals surface area contributed by atoms with Crippen LogP contribution in [-0.4, -0.2) is 11.6 Å². The van der Waals surface area contributed by atoms with Crippen molar-refractivity contribution in [2.45, 2.75) is 27.7 Å². The van der Waals surface area contributed by atoms with Gasteiger partial charge < -0.3 is 0 Å². The van der Waals surface area contributed by atoms with Crippen LogP contribution in [0, 0.1) is 20.8 Å². The molecule has 1 N–H and O–H groups in total. The number of hydrogen-bond acceptors (Lipinski definition) is 2. The third-order valence-electron chi connectivity index (χ3n) is 3.53. The molecule has 0 saturated heterocycles. The van der Waals surface area contributed by atoms with Crippen molar-refractivity contribution in [1.29, 1.82) is 0 Å². The van der Waals surface area contributed by atoms with Crippen molar-refractivity contribution in [3.63, 3.8) is 0 Å². The second-order valence-corrected chi connectivity index (χ2v) is 5.31. The van der Waals surface area contributed by atoms with Crippen LogP contribution in [-0.2, 0) is 0 Å². The van der Waals surface area contributed by atoms with Crippen LogP contribution in [0.2, 0.25) is 0 Å². The van der Waals surface area contributed by atoms with Gasteiger partial charge in [0.25, 0.3) is 5.91 Å². The van der Waals surface area contributed by atoms with Gasteiger partial charge in [-0.25, -0.2) is 5.43 Å². The highest BCUT2D eigenvalue weighted by Crippen LogP contribution is 2.10. The predicted octanol–water partition coefficient (Wildman–Crippen LogP) is 3.77. The van der Waals surface area contributed by atoms with Gasteiger partial charge in [-0.2, -0.15) is 5.10 Å². The van der Waals surface area contributed by atoms with Crippen LogP contribution in [0.25, 0.3) is 0 Å². The van der Waals surface area contributed by atoms with Gasteiger partial charge in [0.15, 0.2) is 0 Å². The largest absolute Gasteiger partial charge is 0.271 e. The zero-order valence-corrected chi connectivity index (χ0v) is 12.9. The fraction of sp³-hybridized carbons (Fsp3) is 0.222. The molecule has 0 saturated carbocycles. The van der Waals surface area contributed by atoms with E-state index >= 15 is 0 Å². The molecule has 2 aromatic rings. The van der Waals surface area contributed by atoms with E-state index in [1.165, 1.54) is 11.1 Å². The highest BCUT2D eigenvalue weighted by Gasteiger charge is 2.05. The Bertz CT molecular complexity index is 702. The summed E-state index contributed by atoms with van der Waals surface area (Å²) in [6.07, 6.45) is 0. The number of benzene rings is 2. The summed E-state index contributed by atoms with van der Waals surface area (Å²) in [5, 5.41) is 4.19. The quantitative estimate of drug-likeness (QED) is 0.675. The molecule has 21 heavy (non-hydrogen) atoms. The molecule has 0 radical (unpaired) electrons. The number of hydrogen-bond donors (Lipinski definition) is 1. The Kier molecular flexibility index (Phi) is 4.53. The molecule has 3 heteroatoms. The Morgan fingerprint density at radius 1 is 0.952 bits per heavy atom. The highest BCUT2D eigenvalue weighted by molar-refractivity contribution is 6.01. The lowest BCUT2D eigenvalue weighted by Crippen LogP contribution is -2.19. The molecule has 0 fully saturated rings. The fourth-order valence-corrected chi connectivity index (χ4v) is 2.02. The molecule has 0 bridgehead atoms. The summed E-state index contributed by atoms with van der Waals surface area (Å²) in [7, 11) is 0. The van der Waals surface area contributed by atoms with E-state index in [1.54, 1.807) is 6.07 Å². The molecule has 0 aromatic heterocycles. The Morgan fingerprint density at radius 3 is 2.38 bits per heavy atom. The normalized spacial score (nSPS) is 11.3. The first-order valence-electron chi connectivity index (χ1n) is 6.96. The minimum Gasteiger partial charge on any atom is -0.267 e. The van der Waals surface area contributed by atoms with Crippen molar-refractivity contribution < 1.29 is 4.79 Å². The Morgan fingerprint density at radius 2 is 1.71 bits per heavy atom. The van der Waals surface area contributed by atoms with Crippen molar-refractivity contribution in [3.05, 3.63) is 70.3 Å². The number of amides is 1. The number of rotatable bonds is 3. The van der Waals surface area contributed by atoms with Crippen LogP contribution in [0.15, 0.2) is 47.6 Å². The summed E-state index contributed by atoms with van der Waals surface area (Å²) >= 11 is 0. The van der Waals surface area contributed by atoms with Gasteiger partial charge in [0.05, 0.1) is 5.71 Å². The maximum absolute atomic E-state index is 12.0.